The third-order valence-electron chi connectivity index (χ3n) is 3.45. The van der Waals surface area contributed by atoms with Crippen molar-refractivity contribution in [1.82, 2.24) is 0 Å². The number of fused-ring (bicyclic) bond motifs is 1. The van der Waals surface area contributed by atoms with E-state index in [9.17, 15) is 0 Å². The zero-order chi connectivity index (χ0) is 13.4. The molecule has 19 heavy (non-hydrogen) atoms. The molecule has 3 nitrogen and oxygen atoms in total. The molecule has 0 radical (unpaired) electrons. The molecule has 0 saturated heterocycles. The van der Waals surface area contributed by atoms with Crippen molar-refractivity contribution in [2.45, 2.75) is 20.3 Å². The summed E-state index contributed by atoms with van der Waals surface area (Å²) in [5, 5.41) is 0.865. The van der Waals surface area contributed by atoms with Gasteiger partial charge in [0.1, 0.15) is 0 Å². The number of hydrogen-bond donors (Lipinski definition) is 1. The Hall–Kier alpha value is -1.68. The maximum Gasteiger partial charge on any atom is 0.161 e. The second kappa shape index (κ2) is 4.78. The second-order valence-corrected chi connectivity index (χ2v) is 5.99. The molecule has 0 atom stereocenters. The summed E-state index contributed by atoms with van der Waals surface area (Å²) >= 11 is 1.64. The van der Waals surface area contributed by atoms with E-state index in [1.165, 1.54) is 10.4 Å². The first kappa shape index (κ1) is 12.4. The maximum atomic E-state index is 6.13. The molecule has 0 bridgehead atoms. The van der Waals surface area contributed by atoms with Crippen LogP contribution in [0.4, 0.5) is 5.00 Å². The van der Waals surface area contributed by atoms with Crippen LogP contribution in [-0.4, -0.2) is 13.2 Å². The minimum absolute atomic E-state index is 0.702. The van der Waals surface area contributed by atoms with Crippen LogP contribution in [0.3, 0.4) is 0 Å². The largest absolute Gasteiger partial charge is 0.490 e. The van der Waals surface area contributed by atoms with Crippen molar-refractivity contribution < 1.29 is 9.47 Å². The molecule has 3 rings (SSSR count). The van der Waals surface area contributed by atoms with Crippen LogP contribution in [0, 0.1) is 13.8 Å². The van der Waals surface area contributed by atoms with E-state index in [0.717, 1.165) is 34.0 Å². The molecule has 0 aliphatic carbocycles. The average Bonchev–Trinajstić information content (AvgIpc) is 2.59. The van der Waals surface area contributed by atoms with Crippen LogP contribution in [-0.2, 0) is 0 Å². The summed E-state index contributed by atoms with van der Waals surface area (Å²) in [7, 11) is 0. The smallest absolute Gasteiger partial charge is 0.161 e. The second-order valence-electron chi connectivity index (χ2n) is 4.73. The van der Waals surface area contributed by atoms with Crippen molar-refractivity contribution in [2.24, 2.45) is 0 Å². The van der Waals surface area contributed by atoms with E-state index in [0.29, 0.717) is 13.2 Å². The summed E-state index contributed by atoms with van der Waals surface area (Å²) < 4.78 is 11.4. The first-order valence-corrected chi connectivity index (χ1v) is 7.24. The van der Waals surface area contributed by atoms with Gasteiger partial charge in [0.05, 0.1) is 18.2 Å². The molecule has 0 fully saturated rings. The van der Waals surface area contributed by atoms with Gasteiger partial charge in [0.25, 0.3) is 0 Å². The van der Waals surface area contributed by atoms with E-state index in [1.807, 2.05) is 12.1 Å². The lowest BCUT2D eigenvalue weighted by molar-refractivity contribution is 0.297. The molecule has 1 aromatic heterocycles. The van der Waals surface area contributed by atoms with Gasteiger partial charge in [-0.05, 0) is 37.1 Å². The molecule has 2 heterocycles. The lowest BCUT2D eigenvalue weighted by Crippen LogP contribution is -1.97. The Morgan fingerprint density at radius 2 is 1.84 bits per heavy atom. The molecule has 2 N–H and O–H groups in total. The van der Waals surface area contributed by atoms with Gasteiger partial charge in [0.15, 0.2) is 11.5 Å². The molecule has 0 amide bonds. The van der Waals surface area contributed by atoms with Gasteiger partial charge in [-0.15, -0.1) is 11.3 Å². The molecule has 100 valence electrons. The van der Waals surface area contributed by atoms with Crippen molar-refractivity contribution in [1.29, 1.82) is 0 Å². The fraction of sp³-hybridized carbons (Fsp3) is 0.333. The highest BCUT2D eigenvalue weighted by Crippen LogP contribution is 2.41. The predicted molar refractivity (Wildman–Crippen MR) is 79.2 cm³/mol. The summed E-state index contributed by atoms with van der Waals surface area (Å²) in [6, 6.07) is 6.06. The zero-order valence-corrected chi connectivity index (χ0v) is 12.0. The van der Waals surface area contributed by atoms with E-state index >= 15 is 0 Å². The standard InChI is InChI=1S/C15H17NO2S/c1-9-10(2)19-15(16)14(9)11-4-5-12-13(8-11)18-7-3-6-17-12/h4-5,8H,3,6-7,16H2,1-2H3. The highest BCUT2D eigenvalue weighted by atomic mass is 32.1. The molecule has 1 aliphatic rings. The van der Waals surface area contributed by atoms with Crippen molar-refractivity contribution >= 4 is 16.3 Å². The van der Waals surface area contributed by atoms with Crippen LogP contribution in [0.5, 0.6) is 11.5 Å². The number of hydrogen-bond acceptors (Lipinski definition) is 4. The predicted octanol–water partition coefficient (Wildman–Crippen LogP) is 3.78. The van der Waals surface area contributed by atoms with Crippen molar-refractivity contribution in [3.05, 3.63) is 28.6 Å². The molecule has 4 heteroatoms. The third-order valence-corrected chi connectivity index (χ3v) is 4.49. The molecular weight excluding hydrogens is 258 g/mol. The summed E-state index contributed by atoms with van der Waals surface area (Å²) in [5.41, 5.74) is 9.60. The van der Waals surface area contributed by atoms with E-state index < -0.39 is 0 Å². The number of anilines is 1. The zero-order valence-electron chi connectivity index (χ0n) is 11.2. The van der Waals surface area contributed by atoms with Crippen LogP contribution in [0.25, 0.3) is 11.1 Å². The fourth-order valence-electron chi connectivity index (χ4n) is 2.33. The number of aryl methyl sites for hydroxylation is 1. The molecule has 0 saturated carbocycles. The van der Waals surface area contributed by atoms with Crippen LogP contribution < -0.4 is 15.2 Å². The van der Waals surface area contributed by atoms with Crippen LogP contribution in [0.1, 0.15) is 16.9 Å². The minimum atomic E-state index is 0.702. The van der Waals surface area contributed by atoms with Crippen LogP contribution in [0.2, 0.25) is 0 Å². The van der Waals surface area contributed by atoms with Gasteiger partial charge in [0.2, 0.25) is 0 Å². The van der Waals surface area contributed by atoms with E-state index in [2.05, 4.69) is 19.9 Å². The van der Waals surface area contributed by atoms with Crippen LogP contribution >= 0.6 is 11.3 Å². The normalized spacial score (nSPS) is 14.2. The number of rotatable bonds is 1. The molecular formula is C15H17NO2S. The van der Waals surface area contributed by atoms with Crippen molar-refractivity contribution in [3.63, 3.8) is 0 Å². The van der Waals surface area contributed by atoms with E-state index in [4.69, 9.17) is 15.2 Å². The van der Waals surface area contributed by atoms with Gasteiger partial charge in [-0.2, -0.15) is 0 Å². The Labute approximate surface area is 117 Å². The maximum absolute atomic E-state index is 6.13. The number of nitrogens with two attached hydrogens (primary N) is 1. The Bertz CT molecular complexity index is 619. The van der Waals surface area contributed by atoms with Crippen molar-refractivity contribution in [3.8, 4) is 22.6 Å². The number of benzene rings is 1. The van der Waals surface area contributed by atoms with Gasteiger partial charge >= 0.3 is 0 Å². The Morgan fingerprint density at radius 1 is 1.11 bits per heavy atom. The lowest BCUT2D eigenvalue weighted by Gasteiger charge is -2.10. The molecule has 1 aromatic carbocycles. The van der Waals surface area contributed by atoms with E-state index in [-0.39, 0.29) is 0 Å². The summed E-state index contributed by atoms with van der Waals surface area (Å²) in [6.45, 7) is 5.63. The number of thiophene rings is 1. The fourth-order valence-corrected chi connectivity index (χ4v) is 3.29. The molecule has 1 aliphatic heterocycles. The summed E-state index contributed by atoms with van der Waals surface area (Å²) in [6.07, 6.45) is 0.919. The lowest BCUT2D eigenvalue weighted by atomic mass is 10.0. The highest BCUT2D eigenvalue weighted by Gasteiger charge is 2.16. The Balaban J connectivity index is 2.09. The summed E-state index contributed by atoms with van der Waals surface area (Å²) in [4.78, 5) is 1.26. The number of ether oxygens (including phenoxy) is 2. The minimum Gasteiger partial charge on any atom is -0.490 e. The van der Waals surface area contributed by atoms with Gasteiger partial charge in [-0.1, -0.05) is 6.07 Å². The Kier molecular flexibility index (Phi) is 3.11. The molecule has 0 unspecified atom stereocenters. The third kappa shape index (κ3) is 2.16. The summed E-state index contributed by atoms with van der Waals surface area (Å²) in [5.74, 6) is 1.64. The first-order chi connectivity index (χ1) is 9.16. The van der Waals surface area contributed by atoms with Gasteiger partial charge < -0.3 is 15.2 Å². The van der Waals surface area contributed by atoms with Gasteiger partial charge in [-0.3, -0.25) is 0 Å². The van der Waals surface area contributed by atoms with Gasteiger partial charge in [-0.25, -0.2) is 0 Å². The first-order valence-electron chi connectivity index (χ1n) is 6.42. The topological polar surface area (TPSA) is 44.5 Å². The quantitative estimate of drug-likeness (QED) is 0.861. The van der Waals surface area contributed by atoms with Crippen LogP contribution in [0.15, 0.2) is 18.2 Å². The molecule has 2 aromatic rings. The Morgan fingerprint density at radius 3 is 2.53 bits per heavy atom. The average molecular weight is 275 g/mol. The number of nitrogen functional groups attached to an aromatic ring is 1. The monoisotopic (exact) mass is 275 g/mol. The molecule has 0 spiro atoms. The highest BCUT2D eigenvalue weighted by molar-refractivity contribution is 7.16. The van der Waals surface area contributed by atoms with E-state index in [1.54, 1.807) is 11.3 Å². The van der Waals surface area contributed by atoms with Crippen molar-refractivity contribution in [2.75, 3.05) is 18.9 Å². The van der Waals surface area contributed by atoms with Gasteiger partial charge in [0, 0.05) is 16.9 Å². The SMILES string of the molecule is Cc1sc(N)c(-c2ccc3c(c2)OCCCO3)c1C.